The Hall–Kier alpha value is -5.25. The minimum Gasteiger partial charge on any atom is -0.458 e. The SMILES string of the molecule is Cc1ccc(COCCOCCOCCOCCO)cc1.Cc1ccc(COCCOCCOCCOCCOCC(=O)NC2C(O)O[C@H](CO)[C@@H](O)[C@@H]2O)cc1.Cc1ccc(COCCOCCOCCOCCOCC(=O)OC(C)(C)C)cc1.O=C1CCC(=O)N1O.OCCOCCOCCOCCO.OC[C@H]1OC(O)[C@H](NCl)[C@@H](O)[C@@H]1O. The van der Waals surface area contributed by atoms with Gasteiger partial charge in [-0.2, -0.15) is 5.06 Å². The van der Waals surface area contributed by atoms with E-state index in [1.54, 1.807) is 0 Å². The van der Waals surface area contributed by atoms with Crippen LogP contribution in [0.1, 0.15) is 67.0 Å². The number of nitrogens with zero attached hydrogens (tertiary/aromatic N) is 1. The van der Waals surface area contributed by atoms with E-state index < -0.39 is 97.8 Å². The highest BCUT2D eigenvalue weighted by Gasteiger charge is 2.45. The molecule has 0 radical (unpaired) electrons. The van der Waals surface area contributed by atoms with Crippen LogP contribution in [0.25, 0.3) is 0 Å². The minimum absolute atomic E-state index is 0.0413. The first-order valence-corrected chi connectivity index (χ1v) is 40.1. The van der Waals surface area contributed by atoms with Crippen LogP contribution in [0.2, 0.25) is 0 Å². The van der Waals surface area contributed by atoms with Gasteiger partial charge in [0.15, 0.2) is 12.6 Å². The smallest absolute Gasteiger partial charge is 0.332 e. The summed E-state index contributed by atoms with van der Waals surface area (Å²) in [5, 5.41) is 111. The molecular formula is C80H136ClN3O36. The molecule has 0 aliphatic carbocycles. The Morgan fingerprint density at radius 2 is 0.633 bits per heavy atom. The predicted molar refractivity (Wildman–Crippen MR) is 429 cm³/mol. The lowest BCUT2D eigenvalue weighted by Crippen LogP contribution is -2.64. The van der Waals surface area contributed by atoms with E-state index in [4.69, 9.17) is 137 Å². The van der Waals surface area contributed by atoms with Gasteiger partial charge in [-0.1, -0.05) is 89.5 Å². The van der Waals surface area contributed by atoms with Crippen LogP contribution in [0.4, 0.5) is 0 Å². The fourth-order valence-electron chi connectivity index (χ4n) is 9.52. The number of halogens is 1. The van der Waals surface area contributed by atoms with Crippen LogP contribution in [0.15, 0.2) is 72.8 Å². The summed E-state index contributed by atoms with van der Waals surface area (Å²) >= 11 is 5.20. The maximum absolute atomic E-state index is 11.9. The van der Waals surface area contributed by atoms with E-state index in [0.717, 1.165) is 11.1 Å². The van der Waals surface area contributed by atoms with Gasteiger partial charge in [-0.3, -0.25) is 19.6 Å². The van der Waals surface area contributed by atoms with Gasteiger partial charge < -0.3 is 156 Å². The van der Waals surface area contributed by atoms with Gasteiger partial charge in [-0.15, -0.1) is 0 Å². The highest BCUT2D eigenvalue weighted by atomic mass is 35.5. The molecule has 3 aromatic carbocycles. The van der Waals surface area contributed by atoms with Crippen LogP contribution in [0, 0.1) is 20.8 Å². The van der Waals surface area contributed by atoms with E-state index >= 15 is 0 Å². The zero-order valence-electron chi connectivity index (χ0n) is 70.2. The number of carbonyl (C=O) groups is 4. The van der Waals surface area contributed by atoms with Crippen molar-refractivity contribution in [2.75, 3.05) is 238 Å². The van der Waals surface area contributed by atoms with E-state index in [2.05, 4.69) is 84.7 Å². The van der Waals surface area contributed by atoms with Crippen molar-refractivity contribution in [3.05, 3.63) is 106 Å². The number of hydrogen-bond donors (Lipinski definition) is 14. The Morgan fingerprint density at radius 1 is 0.383 bits per heavy atom. The number of aliphatic hydroxyl groups excluding tert-OH is 11. The number of imide groups is 1. The molecule has 0 aromatic heterocycles. The van der Waals surface area contributed by atoms with Gasteiger partial charge in [0.25, 0.3) is 11.8 Å². The van der Waals surface area contributed by atoms with Crippen molar-refractivity contribution in [3.63, 3.8) is 0 Å². The molecule has 3 aliphatic rings. The molecular weight excluding hydrogens is 1610 g/mol. The molecule has 39 nitrogen and oxygen atoms in total. The zero-order chi connectivity index (χ0) is 88.7. The van der Waals surface area contributed by atoms with Crippen molar-refractivity contribution in [1.82, 2.24) is 15.2 Å². The van der Waals surface area contributed by atoms with E-state index in [1.807, 2.05) is 39.8 Å². The molecule has 40 heteroatoms. The fraction of sp³-hybridized carbons (Fsp3) is 0.725. The molecule has 0 spiro atoms. The van der Waals surface area contributed by atoms with Gasteiger partial charge in [0.05, 0.1) is 244 Å². The summed E-state index contributed by atoms with van der Waals surface area (Å²) in [6.45, 7) is 25.2. The van der Waals surface area contributed by atoms with Crippen molar-refractivity contribution in [1.29, 1.82) is 0 Å². The number of esters is 1. The number of carbonyl (C=O) groups excluding carboxylic acids is 4. The van der Waals surface area contributed by atoms with Crippen molar-refractivity contribution in [2.24, 2.45) is 0 Å². The Bertz CT molecular complexity index is 2880. The average Bonchev–Trinajstić information content (AvgIpc) is 1.00. The number of nitrogens with one attached hydrogen (secondary N) is 2. The number of aliphatic hydroxyl groups is 11. The number of amides is 3. The van der Waals surface area contributed by atoms with Crippen LogP contribution >= 0.6 is 11.8 Å². The molecule has 6 rings (SSSR count). The van der Waals surface area contributed by atoms with Crippen molar-refractivity contribution in [2.45, 2.75) is 141 Å². The third-order valence-electron chi connectivity index (χ3n) is 15.9. The van der Waals surface area contributed by atoms with E-state index in [1.165, 1.54) is 22.3 Å². The second kappa shape index (κ2) is 75.1. The minimum atomic E-state index is -1.57. The van der Waals surface area contributed by atoms with Crippen molar-refractivity contribution >= 4 is 35.5 Å². The third kappa shape index (κ3) is 60.3. The Morgan fingerprint density at radius 3 is 0.883 bits per heavy atom. The van der Waals surface area contributed by atoms with Crippen LogP contribution in [0.5, 0.6) is 0 Å². The standard InChI is InChI=1S/C24H39NO11.C22H36O7.C16H26O5.C8H18O5.C6H12ClNO5.C4H5NO3/c1-17-2-4-18(5-3-17)15-34-12-10-32-8-6-31-7-9-33-11-13-35-16-20(27)25-21-23(29)22(28)19(14-26)36-24(21)30;1-19-5-7-20(8-6-19)17-27-15-13-25-11-9-24-10-12-26-14-16-28-18-21(23)29-22(2,3)4;1-15-2-4-16(5-3-15)14-21-13-12-20-11-10-19-9-8-18-7-6-17;9-1-3-11-5-7-13-8-6-12-4-2-10;7-8-3-5(11)4(10)2(1-9)13-6(3)12;6-3-1-2-4(7)5(3)8/h2-5,19,21-24,26,28-30H,6-16H2,1H3,(H,25,27);5-8H,9-18H2,1-4H3;2-5,17H,6-14H2,1H3;9-10H,1-8H2;2-6,8-12H,1H2;8H,1-2H2/t19-,21?,22-,23-,24?;;;;2-,3-,4-,5-,6?;/m1...1./s1. The molecule has 3 aromatic rings. The van der Waals surface area contributed by atoms with Crippen molar-refractivity contribution in [3.8, 4) is 0 Å². The second-order valence-electron chi connectivity index (χ2n) is 27.1. The topological polar surface area (TPSA) is 523 Å². The number of rotatable bonds is 59. The molecule has 0 saturated carbocycles. The quantitative estimate of drug-likeness (QED) is 0.0106. The van der Waals surface area contributed by atoms with Crippen LogP contribution in [-0.4, -0.2) is 395 Å². The summed E-state index contributed by atoms with van der Waals surface area (Å²) < 4.78 is 105. The maximum atomic E-state index is 11.9. The lowest BCUT2D eigenvalue weighted by molar-refractivity contribution is -0.254. The first kappa shape index (κ1) is 113. The Kier molecular flexibility index (Phi) is 70.6. The molecule has 3 amide bonds. The number of hydroxylamine groups is 2. The number of aryl methyl sites for hydroxylation is 3. The van der Waals surface area contributed by atoms with Gasteiger partial charge in [0.2, 0.25) is 5.91 Å². The summed E-state index contributed by atoms with van der Waals surface area (Å²) in [7, 11) is 0. The molecule has 3 saturated heterocycles. The third-order valence-corrected chi connectivity index (χ3v) is 16.1. The largest absolute Gasteiger partial charge is 0.458 e. The first-order valence-electron chi connectivity index (χ1n) is 39.7. The molecule has 694 valence electrons. The monoisotopic (exact) mass is 1750 g/mol. The van der Waals surface area contributed by atoms with Gasteiger partial charge in [0, 0.05) is 12.8 Å². The lowest BCUT2D eigenvalue weighted by atomic mass is 9.97. The van der Waals surface area contributed by atoms with Gasteiger partial charge in [-0.05, 0) is 70.0 Å². The van der Waals surface area contributed by atoms with Gasteiger partial charge in [0.1, 0.15) is 67.5 Å². The Balaban J connectivity index is 0.000000766. The van der Waals surface area contributed by atoms with E-state index in [0.29, 0.717) is 198 Å². The van der Waals surface area contributed by atoms with Gasteiger partial charge in [-0.25, -0.2) is 9.63 Å². The lowest BCUT2D eigenvalue weighted by Gasteiger charge is -2.40. The second-order valence-corrected chi connectivity index (χ2v) is 27.3. The highest BCUT2D eigenvalue weighted by molar-refractivity contribution is 6.13. The number of benzene rings is 3. The highest BCUT2D eigenvalue weighted by Crippen LogP contribution is 2.22. The summed E-state index contributed by atoms with van der Waals surface area (Å²) in [5.41, 5.74) is 6.69. The molecule has 120 heavy (non-hydrogen) atoms. The molecule has 3 aliphatic heterocycles. The van der Waals surface area contributed by atoms with E-state index in [-0.39, 0.29) is 70.1 Å². The van der Waals surface area contributed by atoms with Crippen molar-refractivity contribution < 1.29 is 175 Å². The Labute approximate surface area is 708 Å². The summed E-state index contributed by atoms with van der Waals surface area (Å²) in [5.74, 6) is -1.99. The predicted octanol–water partition coefficient (Wildman–Crippen LogP) is -0.957. The molecule has 3 heterocycles. The zero-order valence-corrected chi connectivity index (χ0v) is 70.9. The van der Waals surface area contributed by atoms with Crippen LogP contribution < -0.4 is 10.2 Å². The molecule has 14 N–H and O–H groups in total. The summed E-state index contributed by atoms with van der Waals surface area (Å²) in [4.78, 5) is 45.9. The summed E-state index contributed by atoms with van der Waals surface area (Å²) in [6, 6.07) is 22.6. The average molecular weight is 1750 g/mol. The normalized spacial score (nSPS) is 19.5. The summed E-state index contributed by atoms with van der Waals surface area (Å²) in [6.07, 6.45) is -10.3. The molecule has 0 bridgehead atoms. The molecule has 10 atom stereocenters. The number of ether oxygens (including phenoxy) is 20. The first-order chi connectivity index (χ1) is 57.9. The fourth-order valence-corrected chi connectivity index (χ4v) is 9.76. The van der Waals surface area contributed by atoms with Gasteiger partial charge >= 0.3 is 5.97 Å². The number of hydrogen-bond acceptors (Lipinski definition) is 37. The van der Waals surface area contributed by atoms with Crippen LogP contribution in [-0.2, 0) is 134 Å². The van der Waals surface area contributed by atoms with Crippen LogP contribution in [0.3, 0.4) is 0 Å². The van der Waals surface area contributed by atoms with E-state index in [9.17, 15) is 49.8 Å². The molecule has 3 fully saturated rings. The maximum Gasteiger partial charge on any atom is 0.332 e. The molecule has 3 unspecified atom stereocenters.